The van der Waals surface area contributed by atoms with Crippen LogP contribution in [0.4, 0.5) is 8.78 Å². The summed E-state index contributed by atoms with van der Waals surface area (Å²) in [4.78, 5) is 13.7. The lowest BCUT2D eigenvalue weighted by molar-refractivity contribution is -0.122. The van der Waals surface area contributed by atoms with E-state index in [4.69, 9.17) is 0 Å². The Labute approximate surface area is 118 Å². The maximum absolute atomic E-state index is 12.5. The molecule has 0 bridgehead atoms. The Bertz CT molecular complexity index is 417. The van der Waals surface area contributed by atoms with Gasteiger partial charge in [-0.25, -0.2) is 8.78 Å². The van der Waals surface area contributed by atoms with Gasteiger partial charge in [-0.05, 0) is 31.5 Å². The van der Waals surface area contributed by atoms with E-state index in [1.165, 1.54) is 0 Å². The molecule has 1 heterocycles. The van der Waals surface area contributed by atoms with E-state index in [1.54, 1.807) is 0 Å². The highest BCUT2D eigenvalue weighted by molar-refractivity contribution is 5.78. The molecule has 0 spiro atoms. The third-order valence-corrected chi connectivity index (χ3v) is 3.69. The van der Waals surface area contributed by atoms with Crippen molar-refractivity contribution in [2.45, 2.75) is 25.8 Å². The number of nitrogens with one attached hydrogen (secondary N) is 1. The van der Waals surface area contributed by atoms with Gasteiger partial charge in [0.05, 0.1) is 6.54 Å². The fourth-order valence-corrected chi connectivity index (χ4v) is 2.42. The van der Waals surface area contributed by atoms with Crippen LogP contribution >= 0.6 is 0 Å². The zero-order chi connectivity index (χ0) is 14.4. The van der Waals surface area contributed by atoms with E-state index in [0.717, 1.165) is 5.56 Å². The van der Waals surface area contributed by atoms with Crippen LogP contribution in [-0.4, -0.2) is 36.9 Å². The molecule has 3 nitrogen and oxygen atoms in total. The molecule has 1 aromatic carbocycles. The second-order valence-corrected chi connectivity index (χ2v) is 5.21. The van der Waals surface area contributed by atoms with Crippen molar-refractivity contribution in [3.63, 3.8) is 0 Å². The van der Waals surface area contributed by atoms with Gasteiger partial charge in [0.1, 0.15) is 0 Å². The van der Waals surface area contributed by atoms with Gasteiger partial charge in [0.2, 0.25) is 12.3 Å². The number of nitrogens with zero attached hydrogens (tertiary/aromatic N) is 1. The Morgan fingerprint density at radius 2 is 1.90 bits per heavy atom. The number of carbonyl (C=O) groups excluding carboxylic acids is 1. The maximum Gasteiger partial charge on any atom is 0.241 e. The second kappa shape index (κ2) is 7.33. The van der Waals surface area contributed by atoms with Gasteiger partial charge in [-0.3, -0.25) is 9.69 Å². The summed E-state index contributed by atoms with van der Waals surface area (Å²) < 4.78 is 25.0. The van der Waals surface area contributed by atoms with Crippen molar-refractivity contribution in [3.05, 3.63) is 35.9 Å². The molecule has 0 aromatic heterocycles. The van der Waals surface area contributed by atoms with Crippen LogP contribution in [0.1, 0.15) is 18.4 Å². The van der Waals surface area contributed by atoms with E-state index < -0.39 is 12.3 Å². The smallest absolute Gasteiger partial charge is 0.241 e. The van der Waals surface area contributed by atoms with E-state index in [2.05, 4.69) is 5.32 Å². The van der Waals surface area contributed by atoms with Gasteiger partial charge in [0, 0.05) is 12.5 Å². The number of rotatable bonds is 5. The topological polar surface area (TPSA) is 32.3 Å². The van der Waals surface area contributed by atoms with Crippen molar-refractivity contribution in [3.8, 4) is 0 Å². The Balaban J connectivity index is 1.68. The van der Waals surface area contributed by atoms with E-state index >= 15 is 0 Å². The highest BCUT2D eigenvalue weighted by atomic mass is 19.3. The molecule has 1 fully saturated rings. The molecule has 1 aliphatic rings. The lowest BCUT2D eigenvalue weighted by Crippen LogP contribution is -2.42. The van der Waals surface area contributed by atoms with Gasteiger partial charge in [0.15, 0.2) is 0 Å². The molecular weight excluding hydrogens is 262 g/mol. The number of carbonyl (C=O) groups is 1. The number of hydrogen-bond donors (Lipinski definition) is 1. The third kappa shape index (κ3) is 4.56. The summed E-state index contributed by atoms with van der Waals surface area (Å²) in [5.74, 6) is -0.553. The average molecular weight is 282 g/mol. The molecule has 0 aliphatic carbocycles. The molecule has 110 valence electrons. The van der Waals surface area contributed by atoms with Crippen LogP contribution in [0.15, 0.2) is 30.3 Å². The minimum Gasteiger partial charge on any atom is -0.351 e. The zero-order valence-electron chi connectivity index (χ0n) is 11.4. The lowest BCUT2D eigenvalue weighted by atomic mass is 9.97. The fraction of sp³-hybridized carbons (Fsp3) is 0.533. The van der Waals surface area contributed by atoms with Gasteiger partial charge in [-0.15, -0.1) is 0 Å². The SMILES string of the molecule is O=C(CN1CCC(C(F)F)CC1)NCc1ccccc1. The Morgan fingerprint density at radius 1 is 1.25 bits per heavy atom. The third-order valence-electron chi connectivity index (χ3n) is 3.69. The first-order chi connectivity index (χ1) is 9.65. The van der Waals surface area contributed by atoms with Crippen molar-refractivity contribution in [2.24, 2.45) is 5.92 Å². The van der Waals surface area contributed by atoms with Gasteiger partial charge < -0.3 is 5.32 Å². The number of amides is 1. The maximum atomic E-state index is 12.5. The fourth-order valence-electron chi connectivity index (χ4n) is 2.42. The predicted molar refractivity (Wildman–Crippen MR) is 73.5 cm³/mol. The summed E-state index contributed by atoms with van der Waals surface area (Å²) in [6.45, 7) is 1.96. The molecule has 0 atom stereocenters. The number of alkyl halides is 2. The zero-order valence-corrected chi connectivity index (χ0v) is 11.4. The Morgan fingerprint density at radius 3 is 2.50 bits per heavy atom. The van der Waals surface area contributed by atoms with Crippen LogP contribution in [0, 0.1) is 5.92 Å². The average Bonchev–Trinajstić information content (AvgIpc) is 2.47. The number of halogens is 2. The van der Waals surface area contributed by atoms with Gasteiger partial charge in [0.25, 0.3) is 0 Å². The monoisotopic (exact) mass is 282 g/mol. The van der Waals surface area contributed by atoms with Crippen LogP contribution < -0.4 is 5.32 Å². The quantitative estimate of drug-likeness (QED) is 0.898. The summed E-state index contributed by atoms with van der Waals surface area (Å²) >= 11 is 0. The van der Waals surface area contributed by atoms with Crippen LogP contribution in [-0.2, 0) is 11.3 Å². The van der Waals surface area contributed by atoms with Gasteiger partial charge in [-0.1, -0.05) is 30.3 Å². The molecule has 1 N–H and O–H groups in total. The van der Waals surface area contributed by atoms with Crippen molar-refractivity contribution >= 4 is 5.91 Å². The summed E-state index contributed by atoms with van der Waals surface area (Å²) in [7, 11) is 0. The van der Waals surface area contributed by atoms with Crippen molar-refractivity contribution < 1.29 is 13.6 Å². The molecule has 2 rings (SSSR count). The normalized spacial score (nSPS) is 17.4. The first-order valence-corrected chi connectivity index (χ1v) is 6.96. The number of benzene rings is 1. The molecule has 1 saturated heterocycles. The van der Waals surface area contributed by atoms with E-state index in [1.807, 2.05) is 35.2 Å². The van der Waals surface area contributed by atoms with E-state index in [9.17, 15) is 13.6 Å². The molecule has 5 heteroatoms. The minimum atomic E-state index is -2.23. The number of likely N-dealkylation sites (tertiary alicyclic amines) is 1. The number of piperidine rings is 1. The van der Waals surface area contributed by atoms with Crippen LogP contribution in [0.2, 0.25) is 0 Å². The molecule has 0 unspecified atom stereocenters. The van der Waals surface area contributed by atoms with Gasteiger partial charge >= 0.3 is 0 Å². The summed E-state index contributed by atoms with van der Waals surface area (Å²) in [6.07, 6.45) is -1.28. The van der Waals surface area contributed by atoms with Crippen molar-refractivity contribution in [1.29, 1.82) is 0 Å². The van der Waals surface area contributed by atoms with Crippen LogP contribution in [0.25, 0.3) is 0 Å². The highest BCUT2D eigenvalue weighted by Crippen LogP contribution is 2.23. The summed E-state index contributed by atoms with van der Waals surface area (Å²) in [5, 5.41) is 2.85. The molecule has 1 aliphatic heterocycles. The standard InChI is InChI=1S/C15H20F2N2O/c16-15(17)13-6-8-19(9-7-13)11-14(20)18-10-12-4-2-1-3-5-12/h1-5,13,15H,6-11H2,(H,18,20). The second-order valence-electron chi connectivity index (χ2n) is 5.21. The molecular formula is C15H20F2N2O. The van der Waals surface area contributed by atoms with Crippen molar-refractivity contribution in [2.75, 3.05) is 19.6 Å². The number of hydrogen-bond acceptors (Lipinski definition) is 2. The van der Waals surface area contributed by atoms with E-state index in [0.29, 0.717) is 39.0 Å². The van der Waals surface area contributed by atoms with Crippen LogP contribution in [0.3, 0.4) is 0 Å². The summed E-state index contributed by atoms with van der Waals surface area (Å²) in [6, 6.07) is 9.69. The molecule has 0 radical (unpaired) electrons. The molecule has 1 amide bonds. The van der Waals surface area contributed by atoms with Crippen molar-refractivity contribution in [1.82, 2.24) is 10.2 Å². The highest BCUT2D eigenvalue weighted by Gasteiger charge is 2.26. The molecule has 0 saturated carbocycles. The largest absolute Gasteiger partial charge is 0.351 e. The first-order valence-electron chi connectivity index (χ1n) is 6.96. The Kier molecular flexibility index (Phi) is 5.47. The Hall–Kier alpha value is -1.49. The van der Waals surface area contributed by atoms with Gasteiger partial charge in [-0.2, -0.15) is 0 Å². The predicted octanol–water partition coefficient (Wildman–Crippen LogP) is 2.28. The van der Waals surface area contributed by atoms with Crippen LogP contribution in [0.5, 0.6) is 0 Å². The first kappa shape index (κ1) is 14.9. The molecule has 20 heavy (non-hydrogen) atoms. The van der Waals surface area contributed by atoms with E-state index in [-0.39, 0.29) is 5.91 Å². The minimum absolute atomic E-state index is 0.0515. The summed E-state index contributed by atoms with van der Waals surface area (Å²) in [5.41, 5.74) is 1.05. The molecule has 1 aromatic rings. The lowest BCUT2D eigenvalue weighted by Gasteiger charge is -2.30.